The molecule has 0 aromatic heterocycles. The molecule has 1 aromatic carbocycles. The Morgan fingerprint density at radius 1 is 1.20 bits per heavy atom. The molecule has 2 aliphatic rings. The van der Waals surface area contributed by atoms with E-state index in [1.54, 1.807) is 0 Å². The van der Waals surface area contributed by atoms with Crippen LogP contribution in [0.15, 0.2) is 18.2 Å². The number of piperazine rings is 1. The highest BCUT2D eigenvalue weighted by Crippen LogP contribution is 2.40. The van der Waals surface area contributed by atoms with Crippen molar-refractivity contribution in [2.75, 3.05) is 32.8 Å². The van der Waals surface area contributed by atoms with Gasteiger partial charge in [0.2, 0.25) is 0 Å². The lowest BCUT2D eigenvalue weighted by molar-refractivity contribution is -0.137. The minimum absolute atomic E-state index is 0.0307. The van der Waals surface area contributed by atoms with E-state index in [0.717, 1.165) is 38.7 Å². The fraction of sp³-hybridized carbons (Fsp3) is 0.571. The molecule has 1 unspecified atom stereocenters. The summed E-state index contributed by atoms with van der Waals surface area (Å²) in [7, 11) is 0. The molecule has 20 heavy (non-hydrogen) atoms. The first-order chi connectivity index (χ1) is 9.55. The van der Waals surface area contributed by atoms with Gasteiger partial charge in [-0.05, 0) is 18.2 Å². The van der Waals surface area contributed by atoms with Gasteiger partial charge in [0, 0.05) is 44.2 Å². The van der Waals surface area contributed by atoms with Crippen LogP contribution in [-0.2, 0) is 6.18 Å². The highest BCUT2D eigenvalue weighted by atomic mass is 19.4. The largest absolute Gasteiger partial charge is 0.493 e. The molecule has 1 aromatic rings. The number of ether oxygens (including phenoxy) is 1. The first-order valence-corrected chi connectivity index (χ1v) is 6.84. The number of nitrogens with zero attached hydrogens (tertiary/aromatic N) is 1. The number of hydrogen-bond donors (Lipinski definition) is 1. The second-order valence-electron chi connectivity index (χ2n) is 5.19. The lowest BCUT2D eigenvalue weighted by Crippen LogP contribution is -2.46. The van der Waals surface area contributed by atoms with Gasteiger partial charge >= 0.3 is 6.18 Å². The molecule has 3 nitrogen and oxygen atoms in total. The molecule has 1 saturated heterocycles. The monoisotopic (exact) mass is 286 g/mol. The van der Waals surface area contributed by atoms with Gasteiger partial charge in [-0.3, -0.25) is 4.90 Å². The Hall–Kier alpha value is -1.27. The summed E-state index contributed by atoms with van der Waals surface area (Å²) in [5.74, 6) is 0.591. The molecule has 3 rings (SSSR count). The zero-order chi connectivity index (χ0) is 14.2. The van der Waals surface area contributed by atoms with E-state index in [1.807, 2.05) is 0 Å². The van der Waals surface area contributed by atoms with Gasteiger partial charge < -0.3 is 10.1 Å². The molecule has 1 N–H and O–H groups in total. The maximum absolute atomic E-state index is 12.9. The number of benzene rings is 1. The van der Waals surface area contributed by atoms with Crippen LogP contribution in [0.5, 0.6) is 5.75 Å². The van der Waals surface area contributed by atoms with E-state index >= 15 is 0 Å². The molecule has 0 bridgehead atoms. The van der Waals surface area contributed by atoms with Gasteiger partial charge in [-0.1, -0.05) is 0 Å². The summed E-state index contributed by atoms with van der Waals surface area (Å²) in [4.78, 5) is 2.25. The summed E-state index contributed by atoms with van der Waals surface area (Å²) < 4.78 is 44.1. The van der Waals surface area contributed by atoms with Crippen LogP contribution in [0.2, 0.25) is 0 Å². The summed E-state index contributed by atoms with van der Waals surface area (Å²) in [6.07, 6.45) is -3.56. The fourth-order valence-corrected chi connectivity index (χ4v) is 2.93. The van der Waals surface area contributed by atoms with Gasteiger partial charge in [0.25, 0.3) is 0 Å². The molecule has 0 aliphatic carbocycles. The van der Waals surface area contributed by atoms with Crippen molar-refractivity contribution in [3.05, 3.63) is 29.3 Å². The summed E-state index contributed by atoms with van der Waals surface area (Å²) in [6.45, 7) is 4.05. The van der Waals surface area contributed by atoms with Gasteiger partial charge in [-0.25, -0.2) is 0 Å². The lowest BCUT2D eigenvalue weighted by atomic mass is 9.96. The first kappa shape index (κ1) is 13.7. The van der Waals surface area contributed by atoms with E-state index in [4.69, 9.17) is 4.74 Å². The fourth-order valence-electron chi connectivity index (χ4n) is 2.93. The molecular weight excluding hydrogens is 269 g/mol. The number of fused-ring (bicyclic) bond motifs is 1. The van der Waals surface area contributed by atoms with Gasteiger partial charge in [0.1, 0.15) is 5.75 Å². The van der Waals surface area contributed by atoms with Crippen LogP contribution in [0.3, 0.4) is 0 Å². The Balaban J connectivity index is 1.93. The van der Waals surface area contributed by atoms with Crippen molar-refractivity contribution < 1.29 is 17.9 Å². The zero-order valence-electron chi connectivity index (χ0n) is 11.0. The summed E-state index contributed by atoms with van der Waals surface area (Å²) in [6, 6.07) is 3.83. The van der Waals surface area contributed by atoms with Crippen molar-refractivity contribution in [3.63, 3.8) is 0 Å². The van der Waals surface area contributed by atoms with Crippen molar-refractivity contribution in [2.24, 2.45) is 0 Å². The third-order valence-electron chi connectivity index (χ3n) is 3.94. The summed E-state index contributed by atoms with van der Waals surface area (Å²) in [5, 5.41) is 3.26. The molecule has 0 spiro atoms. The predicted octanol–water partition coefficient (Wildman–Crippen LogP) is 2.43. The molecule has 6 heteroatoms. The Labute approximate surface area is 115 Å². The van der Waals surface area contributed by atoms with Crippen LogP contribution in [0.1, 0.15) is 23.6 Å². The van der Waals surface area contributed by atoms with Crippen molar-refractivity contribution in [3.8, 4) is 5.75 Å². The van der Waals surface area contributed by atoms with Gasteiger partial charge in [-0.2, -0.15) is 13.2 Å². The van der Waals surface area contributed by atoms with Crippen molar-refractivity contribution in [1.29, 1.82) is 0 Å². The Morgan fingerprint density at radius 2 is 1.95 bits per heavy atom. The standard InChI is InChI=1S/C14H17F3N2O/c15-14(16,17)10-1-2-13-11(9-10)12(3-8-20-13)19-6-4-18-5-7-19/h1-2,9,12,18H,3-8H2. The van der Waals surface area contributed by atoms with Crippen LogP contribution in [0.4, 0.5) is 13.2 Å². The van der Waals surface area contributed by atoms with E-state index in [0.29, 0.717) is 17.9 Å². The molecular formula is C14H17F3N2O. The minimum Gasteiger partial charge on any atom is -0.493 e. The molecule has 2 aliphatic heterocycles. The molecule has 1 atom stereocenters. The third-order valence-corrected chi connectivity index (χ3v) is 3.94. The number of hydrogen-bond acceptors (Lipinski definition) is 3. The van der Waals surface area contributed by atoms with Crippen LogP contribution >= 0.6 is 0 Å². The van der Waals surface area contributed by atoms with E-state index in [2.05, 4.69) is 10.2 Å². The van der Waals surface area contributed by atoms with Crippen LogP contribution < -0.4 is 10.1 Å². The topological polar surface area (TPSA) is 24.5 Å². The van der Waals surface area contributed by atoms with Gasteiger partial charge in [-0.15, -0.1) is 0 Å². The van der Waals surface area contributed by atoms with E-state index in [-0.39, 0.29) is 6.04 Å². The number of alkyl halides is 3. The summed E-state index contributed by atoms with van der Waals surface area (Å²) in [5.41, 5.74) is 0.0786. The molecule has 0 amide bonds. The minimum atomic E-state index is -4.31. The second-order valence-corrected chi connectivity index (χ2v) is 5.19. The average Bonchev–Trinajstić information content (AvgIpc) is 2.46. The molecule has 0 radical (unpaired) electrons. The average molecular weight is 286 g/mol. The zero-order valence-corrected chi connectivity index (χ0v) is 11.0. The van der Waals surface area contributed by atoms with Crippen molar-refractivity contribution >= 4 is 0 Å². The predicted molar refractivity (Wildman–Crippen MR) is 68.7 cm³/mol. The Kier molecular flexibility index (Phi) is 3.60. The van der Waals surface area contributed by atoms with E-state index in [1.165, 1.54) is 12.1 Å². The lowest BCUT2D eigenvalue weighted by Gasteiger charge is -2.38. The number of rotatable bonds is 1. The third kappa shape index (κ3) is 2.62. The van der Waals surface area contributed by atoms with Crippen LogP contribution in [0, 0.1) is 0 Å². The summed E-state index contributed by atoms with van der Waals surface area (Å²) >= 11 is 0. The van der Waals surface area contributed by atoms with Crippen LogP contribution in [-0.4, -0.2) is 37.7 Å². The maximum Gasteiger partial charge on any atom is 0.416 e. The number of halogens is 3. The van der Waals surface area contributed by atoms with Crippen molar-refractivity contribution in [2.45, 2.75) is 18.6 Å². The number of nitrogens with one attached hydrogen (secondary N) is 1. The van der Waals surface area contributed by atoms with Crippen molar-refractivity contribution in [1.82, 2.24) is 10.2 Å². The van der Waals surface area contributed by atoms with Gasteiger partial charge in [0.15, 0.2) is 0 Å². The van der Waals surface area contributed by atoms with Crippen LogP contribution in [0.25, 0.3) is 0 Å². The molecule has 2 heterocycles. The second kappa shape index (κ2) is 5.26. The SMILES string of the molecule is FC(F)(F)c1ccc2c(c1)C(N1CCNCC1)CCO2. The Morgan fingerprint density at radius 3 is 2.65 bits per heavy atom. The molecule has 1 fully saturated rings. The molecule has 0 saturated carbocycles. The van der Waals surface area contributed by atoms with E-state index in [9.17, 15) is 13.2 Å². The van der Waals surface area contributed by atoms with E-state index < -0.39 is 11.7 Å². The highest BCUT2D eigenvalue weighted by molar-refractivity contribution is 5.41. The quantitative estimate of drug-likeness (QED) is 0.858. The maximum atomic E-state index is 12.9. The normalized spacial score (nSPS) is 24.1. The smallest absolute Gasteiger partial charge is 0.416 e. The van der Waals surface area contributed by atoms with Gasteiger partial charge in [0.05, 0.1) is 12.2 Å². The first-order valence-electron chi connectivity index (χ1n) is 6.84. The Bertz CT molecular complexity index is 484. The highest BCUT2D eigenvalue weighted by Gasteiger charge is 2.34. The molecule has 110 valence electrons.